The van der Waals surface area contributed by atoms with E-state index in [0.29, 0.717) is 48.7 Å². The van der Waals surface area contributed by atoms with Crippen LogP contribution in [0.3, 0.4) is 0 Å². The quantitative estimate of drug-likeness (QED) is 0.247. The molecular formula is C30H31BrN2O7S. The molecule has 11 heteroatoms. The molecular weight excluding hydrogens is 612 g/mol. The number of fused-ring (bicyclic) bond motifs is 1. The van der Waals surface area contributed by atoms with Crippen molar-refractivity contribution in [3.05, 3.63) is 83.0 Å². The Morgan fingerprint density at radius 1 is 1.15 bits per heavy atom. The second kappa shape index (κ2) is 12.9. The Morgan fingerprint density at radius 3 is 2.46 bits per heavy atom. The molecule has 0 saturated carbocycles. The van der Waals surface area contributed by atoms with Gasteiger partial charge in [0.15, 0.2) is 16.3 Å². The number of halogens is 1. The summed E-state index contributed by atoms with van der Waals surface area (Å²) in [6, 6.07) is 10.0. The smallest absolute Gasteiger partial charge is 0.338 e. The van der Waals surface area contributed by atoms with E-state index in [1.54, 1.807) is 32.1 Å². The molecule has 0 N–H and O–H groups in total. The molecule has 2 heterocycles. The SMILES string of the molecule is CCOC(=O)C1=C(C)N=c2sc(=Cc3cc(Br)c(OC(C)=O)c(OCC)c3)c(=O)n2[C@H]1c1ccc(OC(C)C)cc1. The van der Waals surface area contributed by atoms with Gasteiger partial charge in [0, 0.05) is 6.92 Å². The van der Waals surface area contributed by atoms with Crippen LogP contribution in [0.4, 0.5) is 0 Å². The third kappa shape index (κ3) is 6.62. The van der Waals surface area contributed by atoms with Crippen LogP contribution in [-0.4, -0.2) is 35.8 Å². The summed E-state index contributed by atoms with van der Waals surface area (Å²) >= 11 is 4.66. The van der Waals surface area contributed by atoms with Crippen LogP contribution in [0.1, 0.15) is 58.7 Å². The first-order chi connectivity index (χ1) is 19.5. The standard InChI is InChI=1S/C30H31BrN2O7S/c1-7-37-23-14-19(13-22(31)27(23)40-18(6)34)15-24-28(35)33-26(20-9-11-21(12-10-20)39-16(3)4)25(29(36)38-8-2)17(5)32-30(33)41-24/h9-16,26H,7-8H2,1-6H3/t26-/m0/s1. The van der Waals surface area contributed by atoms with Crippen LogP contribution in [0, 0.1) is 0 Å². The molecule has 0 spiro atoms. The number of aromatic nitrogens is 1. The van der Waals surface area contributed by atoms with E-state index < -0.39 is 18.0 Å². The summed E-state index contributed by atoms with van der Waals surface area (Å²) in [4.78, 5) is 43.7. The normalized spacial score (nSPS) is 14.9. The van der Waals surface area contributed by atoms with Crippen molar-refractivity contribution in [1.82, 2.24) is 4.57 Å². The van der Waals surface area contributed by atoms with Gasteiger partial charge in [-0.15, -0.1) is 0 Å². The molecule has 3 aromatic rings. The number of rotatable bonds is 9. The number of carbonyl (C=O) groups is 2. The highest BCUT2D eigenvalue weighted by molar-refractivity contribution is 9.10. The first-order valence-corrected chi connectivity index (χ1v) is 14.8. The van der Waals surface area contributed by atoms with Gasteiger partial charge in [-0.2, -0.15) is 0 Å². The lowest BCUT2D eigenvalue weighted by atomic mass is 9.96. The molecule has 0 saturated heterocycles. The Kier molecular flexibility index (Phi) is 9.49. The van der Waals surface area contributed by atoms with Crippen molar-refractivity contribution in [3.63, 3.8) is 0 Å². The zero-order valence-corrected chi connectivity index (χ0v) is 26.1. The fourth-order valence-electron chi connectivity index (χ4n) is 4.44. The number of ether oxygens (including phenoxy) is 4. The van der Waals surface area contributed by atoms with Crippen LogP contribution < -0.4 is 29.1 Å². The van der Waals surface area contributed by atoms with Crippen LogP contribution >= 0.6 is 27.3 Å². The summed E-state index contributed by atoms with van der Waals surface area (Å²) in [5.74, 6) is 0.296. The Morgan fingerprint density at radius 2 is 1.85 bits per heavy atom. The summed E-state index contributed by atoms with van der Waals surface area (Å²) in [5, 5.41) is 0. The largest absolute Gasteiger partial charge is 0.491 e. The van der Waals surface area contributed by atoms with E-state index in [2.05, 4.69) is 20.9 Å². The van der Waals surface area contributed by atoms with Crippen LogP contribution in [0.5, 0.6) is 17.2 Å². The van der Waals surface area contributed by atoms with Crippen molar-refractivity contribution in [2.24, 2.45) is 4.99 Å². The fraction of sp³-hybridized carbons (Fsp3) is 0.333. The first kappa shape index (κ1) is 30.3. The lowest BCUT2D eigenvalue weighted by Gasteiger charge is -2.25. The van der Waals surface area contributed by atoms with E-state index in [4.69, 9.17) is 18.9 Å². The van der Waals surface area contributed by atoms with E-state index in [0.717, 1.165) is 5.56 Å². The summed E-state index contributed by atoms with van der Waals surface area (Å²) in [7, 11) is 0. The monoisotopic (exact) mass is 642 g/mol. The van der Waals surface area contributed by atoms with Gasteiger partial charge in [-0.05, 0) is 92.0 Å². The Labute approximate surface area is 249 Å². The number of carbonyl (C=O) groups excluding carboxylic acids is 2. The Bertz CT molecular complexity index is 1690. The van der Waals surface area contributed by atoms with Crippen LogP contribution in [0.15, 0.2) is 61.9 Å². The summed E-state index contributed by atoms with van der Waals surface area (Å²) in [6.45, 7) is 11.0. The lowest BCUT2D eigenvalue weighted by Crippen LogP contribution is -2.39. The molecule has 0 amide bonds. The molecule has 0 unspecified atom stereocenters. The van der Waals surface area contributed by atoms with Gasteiger partial charge in [0.05, 0.1) is 45.6 Å². The maximum absolute atomic E-state index is 13.9. The minimum absolute atomic E-state index is 0.00197. The molecule has 41 heavy (non-hydrogen) atoms. The molecule has 216 valence electrons. The van der Waals surface area contributed by atoms with Crippen molar-refractivity contribution in [2.45, 2.75) is 53.7 Å². The molecule has 0 fully saturated rings. The average Bonchev–Trinajstić information content (AvgIpc) is 3.19. The zero-order chi connectivity index (χ0) is 29.8. The number of thiazole rings is 1. The Hall–Kier alpha value is -3.70. The van der Waals surface area contributed by atoms with Crippen molar-refractivity contribution in [3.8, 4) is 17.2 Å². The van der Waals surface area contributed by atoms with Gasteiger partial charge in [0.25, 0.3) is 5.56 Å². The van der Waals surface area contributed by atoms with Crippen molar-refractivity contribution < 1.29 is 28.5 Å². The topological polar surface area (TPSA) is 105 Å². The summed E-state index contributed by atoms with van der Waals surface area (Å²) in [5.41, 5.74) is 1.84. The van der Waals surface area contributed by atoms with Gasteiger partial charge in [0.1, 0.15) is 5.75 Å². The predicted octanol–water partition coefficient (Wildman–Crippen LogP) is 4.67. The zero-order valence-electron chi connectivity index (χ0n) is 23.6. The molecule has 0 bridgehead atoms. The molecule has 1 aliphatic heterocycles. The molecule has 1 aliphatic rings. The number of hydrogen-bond acceptors (Lipinski definition) is 9. The van der Waals surface area contributed by atoms with Crippen LogP contribution in [-0.2, 0) is 14.3 Å². The van der Waals surface area contributed by atoms with Gasteiger partial charge in [-0.3, -0.25) is 14.2 Å². The lowest BCUT2D eigenvalue weighted by molar-refractivity contribution is -0.139. The van der Waals surface area contributed by atoms with Crippen molar-refractivity contribution in [2.75, 3.05) is 13.2 Å². The highest BCUT2D eigenvalue weighted by Gasteiger charge is 2.33. The Balaban J connectivity index is 1.88. The van der Waals surface area contributed by atoms with Crippen molar-refractivity contribution in [1.29, 1.82) is 0 Å². The second-order valence-corrected chi connectivity index (χ2v) is 11.3. The molecule has 4 rings (SSSR count). The fourth-order valence-corrected chi connectivity index (χ4v) is 6.02. The molecule has 0 aliphatic carbocycles. The third-order valence-electron chi connectivity index (χ3n) is 5.96. The number of benzene rings is 2. The first-order valence-electron chi connectivity index (χ1n) is 13.1. The minimum atomic E-state index is -0.738. The third-order valence-corrected chi connectivity index (χ3v) is 7.53. The minimum Gasteiger partial charge on any atom is -0.491 e. The number of allylic oxidation sites excluding steroid dienone is 1. The number of nitrogens with zero attached hydrogens (tertiary/aromatic N) is 2. The summed E-state index contributed by atoms with van der Waals surface area (Å²) in [6.07, 6.45) is 1.72. The molecule has 1 aromatic heterocycles. The molecule has 0 radical (unpaired) electrons. The maximum atomic E-state index is 13.9. The van der Waals surface area contributed by atoms with E-state index >= 15 is 0 Å². The summed E-state index contributed by atoms with van der Waals surface area (Å²) < 4.78 is 24.6. The number of esters is 2. The van der Waals surface area contributed by atoms with Gasteiger partial charge in [-0.1, -0.05) is 23.5 Å². The van der Waals surface area contributed by atoms with E-state index in [1.165, 1.54) is 22.8 Å². The van der Waals surface area contributed by atoms with E-state index in [1.807, 2.05) is 45.0 Å². The van der Waals surface area contributed by atoms with Gasteiger partial charge >= 0.3 is 11.9 Å². The second-order valence-electron chi connectivity index (χ2n) is 9.39. The van der Waals surface area contributed by atoms with Crippen molar-refractivity contribution >= 4 is 45.3 Å². The average molecular weight is 644 g/mol. The van der Waals surface area contributed by atoms with Crippen LogP contribution in [0.25, 0.3) is 6.08 Å². The highest BCUT2D eigenvalue weighted by Crippen LogP contribution is 2.37. The molecule has 1 atom stereocenters. The number of hydrogen-bond donors (Lipinski definition) is 0. The molecule has 2 aromatic carbocycles. The van der Waals surface area contributed by atoms with Gasteiger partial charge < -0.3 is 18.9 Å². The van der Waals surface area contributed by atoms with Crippen LogP contribution in [0.2, 0.25) is 0 Å². The van der Waals surface area contributed by atoms with E-state index in [-0.39, 0.29) is 24.0 Å². The van der Waals surface area contributed by atoms with Gasteiger partial charge in [-0.25, -0.2) is 9.79 Å². The van der Waals surface area contributed by atoms with E-state index in [9.17, 15) is 14.4 Å². The molecule has 9 nitrogen and oxygen atoms in total. The predicted molar refractivity (Wildman–Crippen MR) is 159 cm³/mol. The van der Waals surface area contributed by atoms with Gasteiger partial charge in [0.2, 0.25) is 0 Å². The maximum Gasteiger partial charge on any atom is 0.338 e. The highest BCUT2D eigenvalue weighted by atomic mass is 79.9.